The van der Waals surface area contributed by atoms with Crippen molar-refractivity contribution >= 4 is 12.0 Å². The van der Waals surface area contributed by atoms with Crippen LogP contribution in [0, 0.1) is 5.41 Å². The third kappa shape index (κ3) is 5.91. The summed E-state index contributed by atoms with van der Waals surface area (Å²) in [7, 11) is 3.64. The summed E-state index contributed by atoms with van der Waals surface area (Å²) in [4.78, 5) is 17.2. The molecule has 0 unspecified atom stereocenters. The highest BCUT2D eigenvalue weighted by atomic mass is 16.2. The number of amides is 1. The van der Waals surface area contributed by atoms with Crippen LogP contribution in [0.5, 0.6) is 0 Å². The minimum atomic E-state index is 0.0161. The van der Waals surface area contributed by atoms with Crippen LogP contribution in [0.25, 0.3) is 6.08 Å². The fraction of sp³-hybridized carbons (Fsp3) is 0.435. The second-order valence-corrected chi connectivity index (χ2v) is 8.19. The molecule has 1 amide bonds. The highest BCUT2D eigenvalue weighted by molar-refractivity contribution is 5.94. The maximum atomic E-state index is 12.6. The zero-order chi connectivity index (χ0) is 20.7. The molecule has 0 bridgehead atoms. The van der Waals surface area contributed by atoms with Crippen molar-refractivity contribution in [1.29, 1.82) is 0 Å². The largest absolute Gasteiger partial charge is 0.345 e. The molecule has 0 aromatic carbocycles. The van der Waals surface area contributed by atoms with Gasteiger partial charge in [0.15, 0.2) is 5.82 Å². The summed E-state index contributed by atoms with van der Waals surface area (Å²) in [5.74, 6) is 0.870. The van der Waals surface area contributed by atoms with Gasteiger partial charge in [-0.3, -0.25) is 4.79 Å². The van der Waals surface area contributed by atoms with Crippen LogP contribution in [-0.2, 0) is 4.79 Å². The van der Waals surface area contributed by atoms with Gasteiger partial charge in [0, 0.05) is 19.7 Å². The molecule has 150 valence electrons. The number of hydrogen-bond acceptors (Lipinski definition) is 3. The van der Waals surface area contributed by atoms with Crippen molar-refractivity contribution in [2.24, 2.45) is 5.41 Å². The second-order valence-electron chi connectivity index (χ2n) is 8.19. The fourth-order valence-corrected chi connectivity index (χ4v) is 3.37. The zero-order valence-corrected chi connectivity index (χ0v) is 17.9. The molecule has 1 N–H and O–H groups in total. The topological polar surface area (TPSA) is 61.9 Å². The number of nitrogens with zero attached hydrogens (tertiary/aromatic N) is 3. The number of carbonyl (C=O) groups is 1. The molecule has 1 aliphatic carbocycles. The first kappa shape index (κ1) is 21.6. The van der Waals surface area contributed by atoms with E-state index in [4.69, 9.17) is 0 Å². The Morgan fingerprint density at radius 2 is 1.96 bits per heavy atom. The maximum absolute atomic E-state index is 12.6. The molecule has 2 rings (SSSR count). The van der Waals surface area contributed by atoms with Crippen molar-refractivity contribution < 1.29 is 4.79 Å². The molecule has 1 heterocycles. The third-order valence-corrected chi connectivity index (χ3v) is 4.98. The van der Waals surface area contributed by atoms with Crippen molar-refractivity contribution in [3.63, 3.8) is 0 Å². The number of rotatable bonds is 6. The molecule has 1 aromatic rings. The molecule has 28 heavy (non-hydrogen) atoms. The van der Waals surface area contributed by atoms with Gasteiger partial charge in [0.1, 0.15) is 6.33 Å². The number of hydrogen-bond donors (Lipinski definition) is 1. The lowest BCUT2D eigenvalue weighted by molar-refractivity contribution is -0.125. The molecule has 1 aliphatic rings. The van der Waals surface area contributed by atoms with Crippen molar-refractivity contribution in [1.82, 2.24) is 20.1 Å². The van der Waals surface area contributed by atoms with Crippen LogP contribution < -0.4 is 0 Å². The normalized spacial score (nSPS) is 18.4. The smallest absolute Gasteiger partial charge is 0.249 e. The summed E-state index contributed by atoms with van der Waals surface area (Å²) in [6.45, 7) is 8.55. The molecule has 1 aromatic heterocycles. The van der Waals surface area contributed by atoms with Crippen LogP contribution in [0.3, 0.4) is 0 Å². The van der Waals surface area contributed by atoms with E-state index < -0.39 is 0 Å². The minimum Gasteiger partial charge on any atom is -0.345 e. The molecular weight excluding hydrogens is 348 g/mol. The van der Waals surface area contributed by atoms with E-state index >= 15 is 0 Å². The number of aromatic amines is 1. The molecule has 0 atom stereocenters. The van der Waals surface area contributed by atoms with Crippen LogP contribution >= 0.6 is 0 Å². The van der Waals surface area contributed by atoms with Gasteiger partial charge in [-0.1, -0.05) is 49.8 Å². The highest BCUT2D eigenvalue weighted by Crippen LogP contribution is 2.41. The first-order chi connectivity index (χ1) is 13.2. The molecule has 0 aliphatic heterocycles. The quantitative estimate of drug-likeness (QED) is 0.717. The number of H-pyrrole nitrogens is 1. The molecule has 0 saturated carbocycles. The maximum Gasteiger partial charge on any atom is 0.249 e. The van der Waals surface area contributed by atoms with E-state index in [0.29, 0.717) is 0 Å². The molecule has 0 saturated heterocycles. The Bertz CT molecular complexity index is 834. The standard InChI is InChI=1S/C23H32N4O/c1-17(9-7-10-18(2)15-21-24-16-25-26-21)12-13-20-19(22(28)27(5)6)11-8-14-23(20,3)4/h7,9-10,12-13,15-16H,8,11,14H2,1-6H3,(H,24,25,26)/b10-7+,13-12+,17-9+,18-15+. The van der Waals surface area contributed by atoms with Gasteiger partial charge in [-0.2, -0.15) is 0 Å². The number of aromatic nitrogens is 3. The van der Waals surface area contributed by atoms with Gasteiger partial charge in [0.25, 0.3) is 0 Å². The number of likely N-dealkylation sites (N-methyl/N-ethyl adjacent to an activating group) is 1. The summed E-state index contributed by atoms with van der Waals surface area (Å²) in [5.41, 5.74) is 4.35. The summed E-state index contributed by atoms with van der Waals surface area (Å²) in [6, 6.07) is 0. The van der Waals surface area contributed by atoms with Crippen LogP contribution in [0.1, 0.15) is 52.8 Å². The van der Waals surface area contributed by atoms with Gasteiger partial charge in [0.2, 0.25) is 5.91 Å². The van der Waals surface area contributed by atoms with Crippen molar-refractivity contribution in [2.45, 2.75) is 47.0 Å². The summed E-state index contributed by atoms with van der Waals surface area (Å²) >= 11 is 0. The Morgan fingerprint density at radius 3 is 2.61 bits per heavy atom. The molecule has 5 nitrogen and oxygen atoms in total. The highest BCUT2D eigenvalue weighted by Gasteiger charge is 2.31. The monoisotopic (exact) mass is 380 g/mol. The van der Waals surface area contributed by atoms with E-state index in [1.807, 2.05) is 39.2 Å². The number of allylic oxidation sites excluding steroid dienone is 8. The number of nitrogens with one attached hydrogen (secondary N) is 1. The molecule has 0 fully saturated rings. The Morgan fingerprint density at radius 1 is 1.21 bits per heavy atom. The van der Waals surface area contributed by atoms with Gasteiger partial charge < -0.3 is 9.88 Å². The number of carbonyl (C=O) groups excluding carboxylic acids is 1. The Hall–Kier alpha value is -2.69. The predicted molar refractivity (Wildman–Crippen MR) is 115 cm³/mol. The lowest BCUT2D eigenvalue weighted by Gasteiger charge is -2.34. The average Bonchev–Trinajstić information content (AvgIpc) is 3.12. The third-order valence-electron chi connectivity index (χ3n) is 4.98. The predicted octanol–water partition coefficient (Wildman–Crippen LogP) is 4.86. The van der Waals surface area contributed by atoms with Crippen molar-refractivity contribution in [3.8, 4) is 0 Å². The Kier molecular flexibility index (Phi) is 7.32. The first-order valence-corrected chi connectivity index (χ1v) is 9.73. The van der Waals surface area contributed by atoms with Gasteiger partial charge >= 0.3 is 0 Å². The zero-order valence-electron chi connectivity index (χ0n) is 17.9. The van der Waals surface area contributed by atoms with E-state index in [1.54, 1.807) is 11.2 Å². The van der Waals surface area contributed by atoms with Gasteiger partial charge in [-0.15, -0.1) is 10.2 Å². The average molecular weight is 381 g/mol. The van der Waals surface area contributed by atoms with Crippen molar-refractivity contribution in [3.05, 3.63) is 64.8 Å². The van der Waals surface area contributed by atoms with E-state index in [2.05, 4.69) is 54.2 Å². The summed E-state index contributed by atoms with van der Waals surface area (Å²) in [6.07, 6.45) is 16.9. The van der Waals surface area contributed by atoms with Gasteiger partial charge in [-0.05, 0) is 55.7 Å². The van der Waals surface area contributed by atoms with E-state index in [-0.39, 0.29) is 11.3 Å². The molecule has 0 spiro atoms. The Balaban J connectivity index is 2.17. The molecular formula is C23H32N4O. The molecule has 0 radical (unpaired) electrons. The second kappa shape index (κ2) is 9.49. The summed E-state index contributed by atoms with van der Waals surface area (Å²) in [5, 5.41) is 7.72. The lowest BCUT2D eigenvalue weighted by Crippen LogP contribution is -2.30. The van der Waals surface area contributed by atoms with Crippen LogP contribution in [-0.4, -0.2) is 40.1 Å². The minimum absolute atomic E-state index is 0.0161. The van der Waals surface area contributed by atoms with Crippen molar-refractivity contribution in [2.75, 3.05) is 14.1 Å². The first-order valence-electron chi connectivity index (χ1n) is 9.73. The van der Waals surface area contributed by atoms with E-state index in [9.17, 15) is 4.79 Å². The summed E-state index contributed by atoms with van der Waals surface area (Å²) < 4.78 is 0. The van der Waals surface area contributed by atoms with Gasteiger partial charge in [-0.25, -0.2) is 0 Å². The Labute approximate surface area is 168 Å². The SMILES string of the molecule is CC(/C=C/C1=C(C(=O)N(C)C)CCCC1(C)C)=C\C=C\C(C)=C\c1nnc[nH]1. The van der Waals surface area contributed by atoms with E-state index in [0.717, 1.165) is 47.4 Å². The van der Waals surface area contributed by atoms with Crippen LogP contribution in [0.4, 0.5) is 0 Å². The van der Waals surface area contributed by atoms with Crippen LogP contribution in [0.15, 0.2) is 59.0 Å². The van der Waals surface area contributed by atoms with Gasteiger partial charge in [0.05, 0.1) is 0 Å². The molecule has 5 heteroatoms. The van der Waals surface area contributed by atoms with E-state index in [1.165, 1.54) is 0 Å². The lowest BCUT2D eigenvalue weighted by atomic mass is 9.72. The van der Waals surface area contributed by atoms with Crippen LogP contribution in [0.2, 0.25) is 0 Å². The fourth-order valence-electron chi connectivity index (χ4n) is 3.37.